The molecule has 0 atom stereocenters. The summed E-state index contributed by atoms with van der Waals surface area (Å²) in [7, 11) is 4.72. The number of nitrogens with zero attached hydrogens (tertiary/aromatic N) is 3. The van der Waals surface area contributed by atoms with Gasteiger partial charge in [-0.05, 0) is 6.07 Å². The van der Waals surface area contributed by atoms with E-state index in [0.717, 1.165) is 5.69 Å². The number of anilines is 1. The van der Waals surface area contributed by atoms with E-state index in [-0.39, 0.29) is 5.69 Å². The Labute approximate surface area is 121 Å². The second-order valence-corrected chi connectivity index (χ2v) is 4.32. The lowest BCUT2D eigenvalue weighted by molar-refractivity contribution is -0.384. The van der Waals surface area contributed by atoms with Gasteiger partial charge in [0.1, 0.15) is 5.69 Å². The molecule has 1 aromatic heterocycles. The molecule has 0 unspecified atom stereocenters. The molecule has 0 saturated carbocycles. The van der Waals surface area contributed by atoms with E-state index in [1.165, 1.54) is 20.3 Å². The Hall–Kier alpha value is -2.77. The molecule has 0 aliphatic rings. The number of nitro groups is 1. The summed E-state index contributed by atoms with van der Waals surface area (Å²) in [6.07, 6.45) is 1.81. The van der Waals surface area contributed by atoms with Crippen molar-refractivity contribution >= 4 is 11.4 Å². The normalized spacial score (nSPS) is 10.2. The van der Waals surface area contributed by atoms with Crippen molar-refractivity contribution in [1.82, 2.24) is 9.78 Å². The van der Waals surface area contributed by atoms with Crippen LogP contribution < -0.4 is 14.8 Å². The van der Waals surface area contributed by atoms with Crippen LogP contribution >= 0.6 is 0 Å². The number of hydrogen-bond donors (Lipinski definition) is 1. The zero-order chi connectivity index (χ0) is 15.4. The van der Waals surface area contributed by atoms with E-state index < -0.39 is 4.92 Å². The van der Waals surface area contributed by atoms with E-state index in [2.05, 4.69) is 10.4 Å². The molecule has 0 bridgehead atoms. The van der Waals surface area contributed by atoms with Crippen molar-refractivity contribution in [1.29, 1.82) is 0 Å². The first-order chi connectivity index (χ1) is 10.0. The standard InChI is InChI=1S/C13H16N4O4/c1-16-5-4-9(15-16)8-14-10-6-12(20-2)13(21-3)7-11(10)17(18)19/h4-7,14H,8H2,1-3H3. The van der Waals surface area contributed by atoms with E-state index in [4.69, 9.17) is 9.47 Å². The van der Waals surface area contributed by atoms with Gasteiger partial charge in [-0.2, -0.15) is 5.10 Å². The summed E-state index contributed by atoms with van der Waals surface area (Å²) in [5.74, 6) is 0.735. The van der Waals surface area contributed by atoms with Gasteiger partial charge in [0.15, 0.2) is 11.5 Å². The molecule has 2 aromatic rings. The molecule has 0 spiro atoms. The Morgan fingerprint density at radius 3 is 2.52 bits per heavy atom. The highest BCUT2D eigenvalue weighted by molar-refractivity contribution is 5.68. The zero-order valence-corrected chi connectivity index (χ0v) is 12.0. The molecule has 21 heavy (non-hydrogen) atoms. The Kier molecular flexibility index (Phi) is 4.27. The third-order valence-corrected chi connectivity index (χ3v) is 2.93. The lowest BCUT2D eigenvalue weighted by atomic mass is 10.2. The molecule has 0 aliphatic carbocycles. The smallest absolute Gasteiger partial charge is 0.296 e. The molecule has 0 fully saturated rings. The fourth-order valence-electron chi connectivity index (χ4n) is 1.90. The van der Waals surface area contributed by atoms with Crippen LogP contribution in [-0.4, -0.2) is 28.9 Å². The summed E-state index contributed by atoms with van der Waals surface area (Å²) < 4.78 is 11.9. The summed E-state index contributed by atoms with van der Waals surface area (Å²) in [6.45, 7) is 0.372. The first-order valence-corrected chi connectivity index (χ1v) is 6.18. The predicted molar refractivity (Wildman–Crippen MR) is 76.7 cm³/mol. The first-order valence-electron chi connectivity index (χ1n) is 6.18. The van der Waals surface area contributed by atoms with Crippen molar-refractivity contribution in [3.63, 3.8) is 0 Å². The summed E-state index contributed by atoms with van der Waals surface area (Å²) >= 11 is 0. The molecule has 8 heteroatoms. The van der Waals surface area contributed by atoms with Crippen molar-refractivity contribution in [2.75, 3.05) is 19.5 Å². The van der Waals surface area contributed by atoms with E-state index >= 15 is 0 Å². The molecule has 8 nitrogen and oxygen atoms in total. The van der Waals surface area contributed by atoms with E-state index in [9.17, 15) is 10.1 Å². The molecular formula is C13H16N4O4. The summed E-state index contributed by atoms with van der Waals surface area (Å²) in [5.41, 5.74) is 1.05. The highest BCUT2D eigenvalue weighted by Gasteiger charge is 2.19. The van der Waals surface area contributed by atoms with Crippen molar-refractivity contribution < 1.29 is 14.4 Å². The minimum Gasteiger partial charge on any atom is -0.493 e. The van der Waals surface area contributed by atoms with Gasteiger partial charge in [0.2, 0.25) is 0 Å². The van der Waals surface area contributed by atoms with Crippen LogP contribution in [0.5, 0.6) is 11.5 Å². The number of rotatable bonds is 6. The van der Waals surface area contributed by atoms with E-state index in [0.29, 0.717) is 23.7 Å². The number of nitro benzene ring substituents is 1. The molecule has 1 N–H and O–H groups in total. The van der Waals surface area contributed by atoms with Gasteiger partial charge in [-0.25, -0.2) is 0 Å². The average molecular weight is 292 g/mol. The maximum atomic E-state index is 11.2. The molecular weight excluding hydrogens is 276 g/mol. The fourth-order valence-corrected chi connectivity index (χ4v) is 1.90. The van der Waals surface area contributed by atoms with Gasteiger partial charge in [-0.1, -0.05) is 0 Å². The van der Waals surface area contributed by atoms with Gasteiger partial charge in [0.25, 0.3) is 5.69 Å². The number of methoxy groups -OCH3 is 2. The monoisotopic (exact) mass is 292 g/mol. The molecule has 112 valence electrons. The van der Waals surface area contributed by atoms with Crippen molar-refractivity contribution in [2.24, 2.45) is 7.05 Å². The largest absolute Gasteiger partial charge is 0.493 e. The Morgan fingerprint density at radius 2 is 2.00 bits per heavy atom. The molecule has 1 heterocycles. The van der Waals surface area contributed by atoms with E-state index in [1.54, 1.807) is 16.9 Å². The molecule has 0 radical (unpaired) electrons. The first kappa shape index (κ1) is 14.6. The third kappa shape index (κ3) is 3.22. The molecule has 2 rings (SSSR count). The van der Waals surface area contributed by atoms with Crippen molar-refractivity contribution in [3.05, 3.63) is 40.2 Å². The lowest BCUT2D eigenvalue weighted by Crippen LogP contribution is -2.05. The number of aromatic nitrogens is 2. The van der Waals surface area contributed by atoms with Crippen LogP contribution in [0.25, 0.3) is 0 Å². The van der Waals surface area contributed by atoms with Crippen LogP contribution in [0.2, 0.25) is 0 Å². The van der Waals surface area contributed by atoms with Crippen LogP contribution in [0.15, 0.2) is 24.4 Å². The van der Waals surface area contributed by atoms with Gasteiger partial charge in [0, 0.05) is 19.3 Å². The van der Waals surface area contributed by atoms with Gasteiger partial charge in [0.05, 0.1) is 37.4 Å². The van der Waals surface area contributed by atoms with Gasteiger partial charge in [-0.3, -0.25) is 14.8 Å². The fraction of sp³-hybridized carbons (Fsp3) is 0.308. The number of benzene rings is 1. The van der Waals surface area contributed by atoms with Crippen LogP contribution in [0.4, 0.5) is 11.4 Å². The van der Waals surface area contributed by atoms with Crippen LogP contribution in [-0.2, 0) is 13.6 Å². The summed E-state index contributed by atoms with van der Waals surface area (Å²) in [6, 6.07) is 4.71. The zero-order valence-electron chi connectivity index (χ0n) is 12.0. The average Bonchev–Trinajstić information content (AvgIpc) is 2.89. The van der Waals surface area contributed by atoms with Crippen LogP contribution in [0.1, 0.15) is 5.69 Å². The maximum Gasteiger partial charge on any atom is 0.296 e. The molecule has 0 amide bonds. The van der Waals surface area contributed by atoms with Crippen molar-refractivity contribution in [3.8, 4) is 11.5 Å². The van der Waals surface area contributed by atoms with Gasteiger partial charge in [-0.15, -0.1) is 0 Å². The van der Waals surface area contributed by atoms with Crippen LogP contribution in [0.3, 0.4) is 0 Å². The van der Waals surface area contributed by atoms with E-state index in [1.807, 2.05) is 13.1 Å². The Morgan fingerprint density at radius 1 is 1.33 bits per heavy atom. The number of nitrogens with one attached hydrogen (secondary N) is 1. The highest BCUT2D eigenvalue weighted by Crippen LogP contribution is 2.37. The number of aryl methyl sites for hydroxylation is 1. The minimum absolute atomic E-state index is 0.0800. The maximum absolute atomic E-state index is 11.2. The predicted octanol–water partition coefficient (Wildman–Crippen LogP) is 1.96. The van der Waals surface area contributed by atoms with Crippen LogP contribution in [0, 0.1) is 10.1 Å². The summed E-state index contributed by atoms with van der Waals surface area (Å²) in [5, 5.41) is 18.4. The Balaban J connectivity index is 2.29. The SMILES string of the molecule is COc1cc(NCc2ccn(C)n2)c([N+](=O)[O-])cc1OC. The topological polar surface area (TPSA) is 91.5 Å². The third-order valence-electron chi connectivity index (χ3n) is 2.93. The Bertz CT molecular complexity index is 654. The lowest BCUT2D eigenvalue weighted by Gasteiger charge is -2.11. The minimum atomic E-state index is -0.470. The molecule has 0 saturated heterocycles. The quantitative estimate of drug-likeness (QED) is 0.646. The second kappa shape index (κ2) is 6.12. The molecule has 0 aliphatic heterocycles. The molecule has 1 aromatic carbocycles. The number of hydrogen-bond acceptors (Lipinski definition) is 6. The van der Waals surface area contributed by atoms with Gasteiger partial charge < -0.3 is 14.8 Å². The highest BCUT2D eigenvalue weighted by atomic mass is 16.6. The second-order valence-electron chi connectivity index (χ2n) is 4.32. The number of ether oxygens (including phenoxy) is 2. The summed E-state index contributed by atoms with van der Waals surface area (Å²) in [4.78, 5) is 10.7. The van der Waals surface area contributed by atoms with Gasteiger partial charge >= 0.3 is 0 Å². The van der Waals surface area contributed by atoms with Crippen molar-refractivity contribution in [2.45, 2.75) is 6.54 Å².